The molecular formula is C21H30N4O2. The van der Waals surface area contributed by atoms with E-state index >= 15 is 0 Å². The third kappa shape index (κ3) is 3.87. The van der Waals surface area contributed by atoms with Gasteiger partial charge < -0.3 is 14.2 Å². The van der Waals surface area contributed by atoms with Crippen molar-refractivity contribution in [1.82, 2.24) is 19.4 Å². The molecule has 6 heteroatoms. The Kier molecular flexibility index (Phi) is 5.45. The fourth-order valence-corrected chi connectivity index (χ4v) is 4.16. The summed E-state index contributed by atoms with van der Waals surface area (Å²) in [4.78, 5) is 22.4. The van der Waals surface area contributed by atoms with Gasteiger partial charge in [0.25, 0.3) is 0 Å². The highest BCUT2D eigenvalue weighted by molar-refractivity contribution is 5.81. The summed E-state index contributed by atoms with van der Waals surface area (Å²) in [5.41, 5.74) is 2.08. The number of hydrogen-bond acceptors (Lipinski definition) is 4. The molecule has 1 saturated heterocycles. The van der Waals surface area contributed by atoms with Crippen molar-refractivity contribution in [2.75, 3.05) is 39.9 Å². The molecule has 2 aliphatic rings. The van der Waals surface area contributed by atoms with E-state index in [0.717, 1.165) is 56.1 Å². The molecule has 1 aromatic carbocycles. The zero-order valence-electron chi connectivity index (χ0n) is 16.4. The van der Waals surface area contributed by atoms with Gasteiger partial charge in [0.05, 0.1) is 17.6 Å². The lowest BCUT2D eigenvalue weighted by Gasteiger charge is -2.41. The molecule has 1 aromatic heterocycles. The van der Waals surface area contributed by atoms with E-state index in [2.05, 4.69) is 22.5 Å². The third-order valence-corrected chi connectivity index (χ3v) is 5.93. The molecule has 2 fully saturated rings. The van der Waals surface area contributed by atoms with Gasteiger partial charge in [-0.15, -0.1) is 0 Å². The Balaban J connectivity index is 1.48. The smallest absolute Gasteiger partial charge is 0.242 e. The number of amides is 1. The van der Waals surface area contributed by atoms with Crippen LogP contribution < -0.4 is 0 Å². The van der Waals surface area contributed by atoms with E-state index in [9.17, 15) is 4.79 Å². The molecule has 1 amide bonds. The topological polar surface area (TPSA) is 50.6 Å². The second-order valence-corrected chi connectivity index (χ2v) is 7.75. The molecular weight excluding hydrogens is 340 g/mol. The lowest BCUT2D eigenvalue weighted by atomic mass is 10.1. The normalized spacial score (nSPS) is 21.1. The first-order chi connectivity index (χ1) is 13.2. The van der Waals surface area contributed by atoms with Gasteiger partial charge in [-0.3, -0.25) is 9.69 Å². The fourth-order valence-electron chi connectivity index (χ4n) is 4.16. The van der Waals surface area contributed by atoms with Crippen LogP contribution in [-0.2, 0) is 16.1 Å². The number of rotatable bonds is 7. The van der Waals surface area contributed by atoms with Gasteiger partial charge in [0.2, 0.25) is 5.91 Å². The Morgan fingerprint density at radius 1 is 1.26 bits per heavy atom. The number of piperazine rings is 1. The Hall–Kier alpha value is -1.92. The van der Waals surface area contributed by atoms with Crippen LogP contribution in [0, 0.1) is 0 Å². The van der Waals surface area contributed by atoms with Gasteiger partial charge in [-0.2, -0.15) is 0 Å². The Morgan fingerprint density at radius 3 is 2.81 bits per heavy atom. The maximum atomic E-state index is 13.1. The summed E-state index contributed by atoms with van der Waals surface area (Å²) in [5.74, 6) is 1.83. The average Bonchev–Trinajstić information content (AvgIpc) is 3.49. The summed E-state index contributed by atoms with van der Waals surface area (Å²) in [7, 11) is 1.74. The monoisotopic (exact) mass is 370 g/mol. The lowest BCUT2D eigenvalue weighted by molar-refractivity contribution is -0.135. The number of carbonyl (C=O) groups is 1. The Bertz CT molecular complexity index is 799. The van der Waals surface area contributed by atoms with Crippen molar-refractivity contribution < 1.29 is 9.53 Å². The minimum absolute atomic E-state index is 0.213. The molecule has 146 valence electrons. The molecule has 1 unspecified atom stereocenters. The van der Waals surface area contributed by atoms with Gasteiger partial charge >= 0.3 is 0 Å². The van der Waals surface area contributed by atoms with Crippen LogP contribution in [0.4, 0.5) is 0 Å². The molecule has 27 heavy (non-hydrogen) atoms. The molecule has 2 aromatic rings. The SMILES string of the molecule is CCC1CN(C(=O)Cn2c(C3CC3)nc3ccccc32)CCN1CCOC. The highest BCUT2D eigenvalue weighted by Crippen LogP contribution is 2.40. The van der Waals surface area contributed by atoms with Crippen LogP contribution in [0.2, 0.25) is 0 Å². The Labute approximate surface area is 161 Å². The van der Waals surface area contributed by atoms with Crippen LogP contribution in [-0.4, -0.2) is 71.2 Å². The highest BCUT2D eigenvalue weighted by atomic mass is 16.5. The van der Waals surface area contributed by atoms with Gasteiger partial charge in [0.1, 0.15) is 12.4 Å². The van der Waals surface area contributed by atoms with E-state index in [0.29, 0.717) is 18.5 Å². The second-order valence-electron chi connectivity index (χ2n) is 7.75. The van der Waals surface area contributed by atoms with Crippen LogP contribution in [0.15, 0.2) is 24.3 Å². The first kappa shape index (κ1) is 18.4. The summed E-state index contributed by atoms with van der Waals surface area (Å²) in [6.45, 7) is 6.82. The van der Waals surface area contributed by atoms with Gasteiger partial charge in [0.15, 0.2) is 0 Å². The van der Waals surface area contributed by atoms with Crippen molar-refractivity contribution in [2.45, 2.75) is 44.7 Å². The van der Waals surface area contributed by atoms with E-state index in [1.807, 2.05) is 23.1 Å². The zero-order valence-corrected chi connectivity index (χ0v) is 16.4. The van der Waals surface area contributed by atoms with E-state index in [4.69, 9.17) is 9.72 Å². The summed E-state index contributed by atoms with van der Waals surface area (Å²) >= 11 is 0. The molecule has 1 saturated carbocycles. The average molecular weight is 370 g/mol. The molecule has 0 radical (unpaired) electrons. The molecule has 4 rings (SSSR count). The summed E-state index contributed by atoms with van der Waals surface area (Å²) < 4.78 is 7.39. The van der Waals surface area contributed by atoms with Crippen molar-refractivity contribution in [3.05, 3.63) is 30.1 Å². The third-order valence-electron chi connectivity index (χ3n) is 5.93. The van der Waals surface area contributed by atoms with E-state index in [-0.39, 0.29) is 5.91 Å². The van der Waals surface area contributed by atoms with Gasteiger partial charge in [0, 0.05) is 45.2 Å². The molecule has 1 aliphatic carbocycles. The predicted octanol–water partition coefficient (Wildman–Crippen LogP) is 2.48. The van der Waals surface area contributed by atoms with Crippen LogP contribution in [0.1, 0.15) is 37.9 Å². The number of para-hydroxylation sites is 2. The second kappa shape index (κ2) is 7.98. The number of ether oxygens (including phenoxy) is 1. The van der Waals surface area contributed by atoms with Gasteiger partial charge in [-0.25, -0.2) is 4.98 Å². The van der Waals surface area contributed by atoms with Crippen molar-refractivity contribution in [3.63, 3.8) is 0 Å². The number of aromatic nitrogens is 2. The number of benzene rings is 1. The molecule has 1 atom stereocenters. The van der Waals surface area contributed by atoms with Crippen LogP contribution >= 0.6 is 0 Å². The maximum absolute atomic E-state index is 13.1. The van der Waals surface area contributed by atoms with Crippen LogP contribution in [0.3, 0.4) is 0 Å². The minimum Gasteiger partial charge on any atom is -0.383 e. The fraction of sp³-hybridized carbons (Fsp3) is 0.619. The van der Waals surface area contributed by atoms with Crippen molar-refractivity contribution in [2.24, 2.45) is 0 Å². The quantitative estimate of drug-likeness (QED) is 0.751. The molecule has 6 nitrogen and oxygen atoms in total. The zero-order chi connectivity index (χ0) is 18.8. The summed E-state index contributed by atoms with van der Waals surface area (Å²) in [6.07, 6.45) is 3.43. The Morgan fingerprint density at radius 2 is 2.07 bits per heavy atom. The number of fused-ring (bicyclic) bond motifs is 1. The molecule has 0 N–H and O–H groups in total. The van der Waals surface area contributed by atoms with Crippen molar-refractivity contribution in [1.29, 1.82) is 0 Å². The summed E-state index contributed by atoms with van der Waals surface area (Å²) in [6, 6.07) is 8.59. The predicted molar refractivity (Wildman–Crippen MR) is 106 cm³/mol. The number of nitrogens with zero attached hydrogens (tertiary/aromatic N) is 4. The lowest BCUT2D eigenvalue weighted by Crippen LogP contribution is -2.55. The largest absolute Gasteiger partial charge is 0.383 e. The molecule has 1 aliphatic heterocycles. The van der Waals surface area contributed by atoms with Crippen molar-refractivity contribution >= 4 is 16.9 Å². The standard InChI is InChI=1S/C21H30N4O2/c1-3-17-14-24(11-10-23(17)12-13-27-2)20(26)15-25-19-7-5-4-6-18(19)22-21(25)16-8-9-16/h4-7,16-17H,3,8-15H2,1-2H3. The number of methoxy groups -OCH3 is 1. The first-order valence-electron chi connectivity index (χ1n) is 10.2. The van der Waals surface area contributed by atoms with E-state index in [1.165, 1.54) is 12.8 Å². The number of carbonyl (C=O) groups excluding carboxylic acids is 1. The van der Waals surface area contributed by atoms with Gasteiger partial charge in [-0.1, -0.05) is 19.1 Å². The molecule has 0 bridgehead atoms. The van der Waals surface area contributed by atoms with Crippen LogP contribution in [0.25, 0.3) is 11.0 Å². The molecule has 2 heterocycles. The van der Waals surface area contributed by atoms with Gasteiger partial charge in [-0.05, 0) is 31.4 Å². The first-order valence-corrected chi connectivity index (χ1v) is 10.2. The van der Waals surface area contributed by atoms with E-state index < -0.39 is 0 Å². The highest BCUT2D eigenvalue weighted by Gasteiger charge is 2.32. The minimum atomic E-state index is 0.213. The summed E-state index contributed by atoms with van der Waals surface area (Å²) in [5, 5.41) is 0. The van der Waals surface area contributed by atoms with Crippen molar-refractivity contribution in [3.8, 4) is 0 Å². The maximum Gasteiger partial charge on any atom is 0.242 e. The number of imidazole rings is 1. The van der Waals surface area contributed by atoms with E-state index in [1.54, 1.807) is 7.11 Å². The van der Waals surface area contributed by atoms with Crippen LogP contribution in [0.5, 0.6) is 0 Å². The molecule has 0 spiro atoms. The number of hydrogen-bond donors (Lipinski definition) is 0.